The van der Waals surface area contributed by atoms with Crippen molar-refractivity contribution >= 4 is 24.2 Å². The molecule has 138 valence electrons. The van der Waals surface area contributed by atoms with Crippen LogP contribution in [-0.4, -0.2) is 35.8 Å². The van der Waals surface area contributed by atoms with Gasteiger partial charge in [0.05, 0.1) is 0 Å². The molecular formula is C19H28ClN3O2. The van der Waals surface area contributed by atoms with Gasteiger partial charge in [-0.2, -0.15) is 0 Å². The van der Waals surface area contributed by atoms with Crippen LogP contribution in [0.15, 0.2) is 24.3 Å². The molecule has 0 radical (unpaired) electrons. The van der Waals surface area contributed by atoms with Crippen molar-refractivity contribution in [1.82, 2.24) is 10.2 Å². The topological polar surface area (TPSA) is 75.4 Å². The van der Waals surface area contributed by atoms with E-state index in [-0.39, 0.29) is 36.2 Å². The van der Waals surface area contributed by atoms with E-state index in [0.29, 0.717) is 18.7 Å². The molecule has 1 atom stereocenters. The maximum absolute atomic E-state index is 12.6. The summed E-state index contributed by atoms with van der Waals surface area (Å²) in [6, 6.07) is 7.73. The Morgan fingerprint density at radius 2 is 1.76 bits per heavy atom. The van der Waals surface area contributed by atoms with Crippen LogP contribution in [0.1, 0.15) is 54.4 Å². The predicted molar refractivity (Wildman–Crippen MR) is 101 cm³/mol. The smallest absolute Gasteiger partial charge is 0.254 e. The number of carbonyl (C=O) groups excluding carboxylic acids is 2. The van der Waals surface area contributed by atoms with E-state index < -0.39 is 0 Å². The average molecular weight is 366 g/mol. The molecule has 25 heavy (non-hydrogen) atoms. The molecule has 1 unspecified atom stereocenters. The minimum atomic E-state index is 0. The highest BCUT2D eigenvalue weighted by molar-refractivity contribution is 5.94. The fourth-order valence-corrected chi connectivity index (χ4v) is 3.80. The Kier molecular flexibility index (Phi) is 7.26. The van der Waals surface area contributed by atoms with E-state index in [1.165, 1.54) is 0 Å². The highest BCUT2D eigenvalue weighted by Gasteiger charge is 2.28. The Bertz CT molecular complexity index is 585. The SMILES string of the molecule is Cl.NCC1CCCN1C(=O)c1ccc(CNC(=O)C2CCCC2)cc1. The zero-order valence-electron chi connectivity index (χ0n) is 14.6. The normalized spacial score (nSPS) is 20.4. The van der Waals surface area contributed by atoms with Gasteiger partial charge >= 0.3 is 0 Å². The van der Waals surface area contributed by atoms with Gasteiger partial charge < -0.3 is 16.0 Å². The van der Waals surface area contributed by atoms with E-state index in [0.717, 1.165) is 50.6 Å². The lowest BCUT2D eigenvalue weighted by Gasteiger charge is -2.23. The molecular weight excluding hydrogens is 338 g/mol. The van der Waals surface area contributed by atoms with E-state index in [1.54, 1.807) is 0 Å². The number of halogens is 1. The first kappa shape index (κ1) is 19.7. The van der Waals surface area contributed by atoms with Gasteiger partial charge in [0.2, 0.25) is 5.91 Å². The van der Waals surface area contributed by atoms with Gasteiger partial charge in [0.1, 0.15) is 0 Å². The third-order valence-corrected chi connectivity index (χ3v) is 5.30. The highest BCUT2D eigenvalue weighted by Crippen LogP contribution is 2.24. The van der Waals surface area contributed by atoms with Crippen molar-refractivity contribution in [3.8, 4) is 0 Å². The molecule has 1 saturated heterocycles. The summed E-state index contributed by atoms with van der Waals surface area (Å²) >= 11 is 0. The molecule has 0 bridgehead atoms. The molecule has 2 aliphatic rings. The largest absolute Gasteiger partial charge is 0.352 e. The standard InChI is InChI=1S/C19H27N3O2.ClH/c20-12-17-6-3-11-22(17)19(24)16-9-7-14(8-10-16)13-21-18(23)15-4-1-2-5-15;/h7-10,15,17H,1-6,11-13,20H2,(H,21,23);1H. The minimum Gasteiger partial charge on any atom is -0.352 e. The third kappa shape index (κ3) is 4.73. The number of nitrogens with zero attached hydrogens (tertiary/aromatic N) is 1. The molecule has 0 spiro atoms. The molecule has 1 heterocycles. The summed E-state index contributed by atoms with van der Waals surface area (Å²) < 4.78 is 0. The first-order chi connectivity index (χ1) is 11.7. The number of nitrogens with one attached hydrogen (secondary N) is 1. The van der Waals surface area contributed by atoms with Crippen molar-refractivity contribution in [2.45, 2.75) is 51.1 Å². The molecule has 3 rings (SSSR count). The summed E-state index contributed by atoms with van der Waals surface area (Å²) in [4.78, 5) is 26.5. The second-order valence-corrected chi connectivity index (χ2v) is 6.93. The Morgan fingerprint density at radius 3 is 2.40 bits per heavy atom. The lowest BCUT2D eigenvalue weighted by Crippen LogP contribution is -2.39. The molecule has 2 fully saturated rings. The van der Waals surface area contributed by atoms with Gasteiger partial charge in [-0.1, -0.05) is 25.0 Å². The number of benzene rings is 1. The van der Waals surface area contributed by atoms with Crippen LogP contribution in [0.25, 0.3) is 0 Å². The van der Waals surface area contributed by atoms with Gasteiger partial charge in [0.25, 0.3) is 5.91 Å². The molecule has 1 aromatic rings. The second kappa shape index (κ2) is 9.20. The molecule has 2 amide bonds. The highest BCUT2D eigenvalue weighted by atomic mass is 35.5. The predicted octanol–water partition coefficient (Wildman–Crippen LogP) is 2.48. The first-order valence-corrected chi connectivity index (χ1v) is 9.06. The van der Waals surface area contributed by atoms with E-state index >= 15 is 0 Å². The van der Waals surface area contributed by atoms with Gasteiger partial charge in [-0.15, -0.1) is 12.4 Å². The fraction of sp³-hybridized carbons (Fsp3) is 0.579. The summed E-state index contributed by atoms with van der Waals surface area (Å²) in [5.41, 5.74) is 7.47. The Hall–Kier alpha value is -1.59. The molecule has 6 heteroatoms. The molecule has 0 aromatic heterocycles. The summed E-state index contributed by atoms with van der Waals surface area (Å²) in [6.07, 6.45) is 6.37. The van der Waals surface area contributed by atoms with Crippen molar-refractivity contribution in [3.05, 3.63) is 35.4 Å². The molecule has 1 aliphatic carbocycles. The molecule has 5 nitrogen and oxygen atoms in total. The zero-order chi connectivity index (χ0) is 16.9. The maximum atomic E-state index is 12.6. The Balaban J connectivity index is 0.00000225. The van der Waals surface area contributed by atoms with Gasteiger partial charge in [-0.3, -0.25) is 9.59 Å². The van der Waals surface area contributed by atoms with Crippen molar-refractivity contribution in [1.29, 1.82) is 0 Å². The van der Waals surface area contributed by atoms with E-state index in [4.69, 9.17) is 5.73 Å². The average Bonchev–Trinajstić information content (AvgIpc) is 3.30. The Morgan fingerprint density at radius 1 is 1.08 bits per heavy atom. The lowest BCUT2D eigenvalue weighted by molar-refractivity contribution is -0.124. The van der Waals surface area contributed by atoms with Gasteiger partial charge in [0, 0.05) is 37.2 Å². The van der Waals surface area contributed by atoms with E-state index in [1.807, 2.05) is 29.2 Å². The zero-order valence-corrected chi connectivity index (χ0v) is 15.4. The lowest BCUT2D eigenvalue weighted by atomic mass is 10.1. The Labute approximate surface area is 155 Å². The molecule has 1 saturated carbocycles. The maximum Gasteiger partial charge on any atom is 0.254 e. The number of rotatable bonds is 5. The van der Waals surface area contributed by atoms with Crippen molar-refractivity contribution < 1.29 is 9.59 Å². The summed E-state index contributed by atoms with van der Waals surface area (Å²) in [7, 11) is 0. The minimum absolute atomic E-state index is 0. The van der Waals surface area contributed by atoms with Crippen molar-refractivity contribution in [3.63, 3.8) is 0 Å². The van der Waals surface area contributed by atoms with Crippen LogP contribution in [0, 0.1) is 5.92 Å². The van der Waals surface area contributed by atoms with Crippen LogP contribution in [0.4, 0.5) is 0 Å². The monoisotopic (exact) mass is 365 g/mol. The van der Waals surface area contributed by atoms with Crippen LogP contribution in [-0.2, 0) is 11.3 Å². The number of likely N-dealkylation sites (tertiary alicyclic amines) is 1. The van der Waals surface area contributed by atoms with E-state index in [9.17, 15) is 9.59 Å². The number of carbonyl (C=O) groups is 2. The van der Waals surface area contributed by atoms with Crippen LogP contribution in [0.2, 0.25) is 0 Å². The molecule has 1 aliphatic heterocycles. The van der Waals surface area contributed by atoms with Crippen LogP contribution in [0.3, 0.4) is 0 Å². The van der Waals surface area contributed by atoms with Crippen LogP contribution >= 0.6 is 12.4 Å². The van der Waals surface area contributed by atoms with Crippen LogP contribution < -0.4 is 11.1 Å². The van der Waals surface area contributed by atoms with Crippen molar-refractivity contribution in [2.75, 3.05) is 13.1 Å². The number of nitrogens with two attached hydrogens (primary N) is 1. The first-order valence-electron chi connectivity index (χ1n) is 9.06. The van der Waals surface area contributed by atoms with Crippen LogP contribution in [0.5, 0.6) is 0 Å². The molecule has 3 N–H and O–H groups in total. The number of amides is 2. The summed E-state index contributed by atoms with van der Waals surface area (Å²) in [6.45, 7) is 1.84. The quantitative estimate of drug-likeness (QED) is 0.841. The summed E-state index contributed by atoms with van der Waals surface area (Å²) in [5.74, 6) is 0.411. The third-order valence-electron chi connectivity index (χ3n) is 5.30. The van der Waals surface area contributed by atoms with Gasteiger partial charge in [-0.05, 0) is 43.4 Å². The van der Waals surface area contributed by atoms with Gasteiger partial charge in [0.15, 0.2) is 0 Å². The van der Waals surface area contributed by atoms with E-state index in [2.05, 4.69) is 5.32 Å². The fourth-order valence-electron chi connectivity index (χ4n) is 3.80. The molecule has 1 aromatic carbocycles. The number of hydrogen-bond acceptors (Lipinski definition) is 3. The number of hydrogen-bond donors (Lipinski definition) is 2. The van der Waals surface area contributed by atoms with Crippen molar-refractivity contribution in [2.24, 2.45) is 11.7 Å². The van der Waals surface area contributed by atoms with Gasteiger partial charge in [-0.25, -0.2) is 0 Å². The second-order valence-electron chi connectivity index (χ2n) is 6.93. The summed E-state index contributed by atoms with van der Waals surface area (Å²) in [5, 5.41) is 3.01.